The second-order valence-corrected chi connectivity index (χ2v) is 6.85. The Bertz CT molecular complexity index is 646. The van der Waals surface area contributed by atoms with Gasteiger partial charge in [-0.15, -0.1) is 0 Å². The summed E-state index contributed by atoms with van der Waals surface area (Å²) < 4.78 is 36.0. The smallest absolute Gasteiger partial charge is 0.0698 e. The molecule has 0 amide bonds. The Hall–Kier alpha value is -1.05. The van der Waals surface area contributed by atoms with Gasteiger partial charge in [-0.25, -0.2) is 0 Å². The first-order valence-corrected chi connectivity index (χ1v) is 8.88. The van der Waals surface area contributed by atoms with E-state index in [1.165, 1.54) is 0 Å². The predicted octanol–water partition coefficient (Wildman–Crippen LogP) is -1.89. The van der Waals surface area contributed by atoms with E-state index < -0.39 is 38.1 Å². The standard InChI is InChI=1S/C8H5O7S.C4H10O3.Na/c9-7(10)4-2-1-3-5(8(11)12)6(4)16(13,14)15;5-1-3-7-4-2-6;/h2-3H,(H,9,10)(H,11,12)(H,13,14,15);5-6H,1-4H2;. The molecule has 0 saturated heterocycles. The van der Waals surface area contributed by atoms with Crippen LogP contribution in [0.3, 0.4) is 0 Å². The van der Waals surface area contributed by atoms with E-state index in [-0.39, 0.29) is 13.2 Å². The Morgan fingerprint density at radius 2 is 1.38 bits per heavy atom. The van der Waals surface area contributed by atoms with Gasteiger partial charge >= 0.3 is 114 Å². The maximum Gasteiger partial charge on any atom is 0.0698 e. The number of rotatable bonds is 7. The van der Waals surface area contributed by atoms with Crippen molar-refractivity contribution in [2.75, 3.05) is 26.4 Å². The summed E-state index contributed by atoms with van der Waals surface area (Å²) in [6, 6.07) is 2.06. The summed E-state index contributed by atoms with van der Waals surface area (Å²) in [5, 5.41) is 33.8. The van der Waals surface area contributed by atoms with E-state index in [1.807, 2.05) is 0 Å². The average Bonchev–Trinajstić information content (AvgIpc) is 2.46. The Kier molecular flexibility index (Phi) is 10.3. The normalized spacial score (nSPS) is 10.7. The van der Waals surface area contributed by atoms with Crippen LogP contribution in [0.15, 0.2) is 17.0 Å². The van der Waals surface area contributed by atoms with Crippen LogP contribution < -0.4 is 2.81 Å². The third-order valence-electron chi connectivity index (χ3n) is 2.42. The predicted molar refractivity (Wildman–Crippen MR) is 80.6 cm³/mol. The van der Waals surface area contributed by atoms with Crippen molar-refractivity contribution >= 4 is 52.8 Å². The Morgan fingerprint density at radius 3 is 1.62 bits per heavy atom. The van der Waals surface area contributed by atoms with E-state index in [1.54, 1.807) is 0 Å². The molecule has 0 aliphatic heterocycles. The Labute approximate surface area is 154 Å². The van der Waals surface area contributed by atoms with Crippen molar-refractivity contribution in [3.05, 3.63) is 23.3 Å². The van der Waals surface area contributed by atoms with E-state index in [0.717, 1.165) is 12.1 Å². The molecule has 0 aromatic heterocycles. The maximum atomic E-state index is 11.0. The van der Waals surface area contributed by atoms with Crippen molar-refractivity contribution < 1.29 is 47.7 Å². The second-order valence-electron chi connectivity index (χ2n) is 4.33. The van der Waals surface area contributed by atoms with E-state index in [2.05, 4.69) is 4.74 Å². The van der Waals surface area contributed by atoms with Gasteiger partial charge in [0.2, 0.25) is 0 Å². The zero-order valence-electron chi connectivity index (χ0n) is 12.7. The van der Waals surface area contributed by atoms with Crippen LogP contribution in [0.5, 0.6) is 0 Å². The molecule has 130 valence electrons. The number of benzene rings is 1. The molecule has 0 heterocycles. The zero-order chi connectivity index (χ0) is 18.9. The summed E-state index contributed by atoms with van der Waals surface area (Å²) in [6.07, 6.45) is 0. The topological polar surface area (TPSA) is 179 Å². The van der Waals surface area contributed by atoms with Crippen molar-refractivity contribution in [3.8, 4) is 0 Å². The molecule has 1 rings (SSSR count). The molecule has 0 atom stereocenters. The zero-order valence-corrected chi connectivity index (χ0v) is 15.5. The largest absolute Gasteiger partial charge is 0.394 e. The molecule has 0 unspecified atom stereocenters. The van der Waals surface area contributed by atoms with Crippen LogP contribution in [0.2, 0.25) is 0 Å². The van der Waals surface area contributed by atoms with Crippen molar-refractivity contribution in [2.45, 2.75) is 4.90 Å². The van der Waals surface area contributed by atoms with Crippen LogP contribution in [0.4, 0.5) is 0 Å². The van der Waals surface area contributed by atoms with Gasteiger partial charge in [0.15, 0.2) is 0 Å². The molecule has 0 radical (unpaired) electrons. The summed E-state index contributed by atoms with van der Waals surface area (Å²) in [5.41, 5.74) is -1.48. The number of hydrogen-bond donors (Lipinski definition) is 5. The quantitative estimate of drug-likeness (QED) is 0.206. The molecule has 1 aromatic carbocycles. The van der Waals surface area contributed by atoms with Gasteiger partial charge in [0.05, 0.1) is 26.4 Å². The van der Waals surface area contributed by atoms with Crippen LogP contribution in [0.25, 0.3) is 0 Å². The summed E-state index contributed by atoms with van der Waals surface area (Å²) in [5.74, 6) is -3.23. The van der Waals surface area contributed by atoms with E-state index in [9.17, 15) is 18.0 Å². The van der Waals surface area contributed by atoms with Crippen LogP contribution in [-0.2, 0) is 14.9 Å². The summed E-state index contributed by atoms with van der Waals surface area (Å²) in [6.45, 7) is 0.696. The van der Waals surface area contributed by atoms with Crippen molar-refractivity contribution in [1.82, 2.24) is 0 Å². The van der Waals surface area contributed by atoms with Crippen LogP contribution in [-0.4, -0.2) is 99.7 Å². The van der Waals surface area contributed by atoms with Gasteiger partial charge in [0.1, 0.15) is 0 Å². The van der Waals surface area contributed by atoms with E-state index in [4.69, 9.17) is 25.0 Å². The fourth-order valence-corrected chi connectivity index (χ4v) is 3.03. The summed E-state index contributed by atoms with van der Waals surface area (Å²) >= 11 is 0.344. The minimum atomic E-state index is -4.92. The number of carboxylic acids is 2. The SMILES string of the molecule is O=C(O)c1c[c]([Na])cc(C(=O)O)c1S(=O)(=O)O.OCCOCCO. The second kappa shape index (κ2) is 10.7. The van der Waals surface area contributed by atoms with Gasteiger partial charge in [0.25, 0.3) is 0 Å². The van der Waals surface area contributed by atoms with Gasteiger partial charge in [-0.05, 0) is 0 Å². The third-order valence-corrected chi connectivity index (χ3v) is 3.96. The van der Waals surface area contributed by atoms with Gasteiger partial charge in [-0.2, -0.15) is 0 Å². The molecule has 1 aromatic rings. The number of aliphatic hydroxyl groups is 2. The molecule has 0 bridgehead atoms. The number of aliphatic hydroxyl groups excluding tert-OH is 2. The summed E-state index contributed by atoms with van der Waals surface area (Å²) in [4.78, 5) is 20.6. The number of carbonyl (C=O) groups is 2. The molecular formula is C12H15NaO10S. The first-order valence-electron chi connectivity index (χ1n) is 6.44. The monoisotopic (exact) mass is 374 g/mol. The molecule has 0 aliphatic rings. The van der Waals surface area contributed by atoms with Crippen molar-refractivity contribution in [1.29, 1.82) is 0 Å². The van der Waals surface area contributed by atoms with Gasteiger partial charge in [-0.3, -0.25) is 0 Å². The van der Waals surface area contributed by atoms with Crippen LogP contribution in [0, 0.1) is 0 Å². The molecule has 0 saturated carbocycles. The van der Waals surface area contributed by atoms with Crippen molar-refractivity contribution in [2.24, 2.45) is 0 Å². The van der Waals surface area contributed by atoms with Gasteiger partial charge < -0.3 is 14.9 Å². The summed E-state index contributed by atoms with van der Waals surface area (Å²) in [7, 11) is -4.92. The number of hydrogen-bond acceptors (Lipinski definition) is 7. The average molecular weight is 374 g/mol. The molecule has 0 fully saturated rings. The van der Waals surface area contributed by atoms with E-state index >= 15 is 0 Å². The fraction of sp³-hybridized carbons (Fsp3) is 0.333. The van der Waals surface area contributed by atoms with Crippen LogP contribution in [0.1, 0.15) is 20.7 Å². The molecule has 12 heteroatoms. The minimum absolute atomic E-state index is 0.0278. The maximum absolute atomic E-state index is 11.0. The molecule has 10 nitrogen and oxygen atoms in total. The van der Waals surface area contributed by atoms with Crippen LogP contribution >= 0.6 is 0 Å². The van der Waals surface area contributed by atoms with E-state index in [0.29, 0.717) is 44.0 Å². The van der Waals surface area contributed by atoms with Gasteiger partial charge in [-0.1, -0.05) is 0 Å². The molecule has 5 N–H and O–H groups in total. The third kappa shape index (κ3) is 7.68. The molecular weight excluding hydrogens is 359 g/mol. The number of carboxylic acid groups (broad SMARTS) is 2. The molecule has 0 spiro atoms. The van der Waals surface area contributed by atoms with Crippen molar-refractivity contribution in [3.63, 3.8) is 0 Å². The molecule has 24 heavy (non-hydrogen) atoms. The Morgan fingerprint density at radius 1 is 1.00 bits per heavy atom. The number of aromatic carboxylic acids is 2. The first-order chi connectivity index (χ1) is 11.1. The fourth-order valence-electron chi connectivity index (χ4n) is 1.60. The Balaban J connectivity index is 0.000000640. The minimum Gasteiger partial charge on any atom is -0.394 e. The molecule has 0 aliphatic carbocycles. The number of ether oxygens (including phenoxy) is 1. The van der Waals surface area contributed by atoms with Gasteiger partial charge in [0, 0.05) is 0 Å². The first kappa shape index (κ1) is 22.9.